The quantitative estimate of drug-likeness (QED) is 0.484. The van der Waals surface area contributed by atoms with E-state index in [4.69, 9.17) is 16.3 Å². The lowest BCUT2D eigenvalue weighted by Crippen LogP contribution is -2.33. The third-order valence-electron chi connectivity index (χ3n) is 4.57. The number of nitrogens with zero attached hydrogens (tertiary/aromatic N) is 3. The van der Waals surface area contributed by atoms with Crippen molar-refractivity contribution in [1.82, 2.24) is 14.8 Å². The van der Waals surface area contributed by atoms with Crippen molar-refractivity contribution in [2.24, 2.45) is 5.41 Å². The molecule has 2 heterocycles. The Morgan fingerprint density at radius 1 is 1.28 bits per heavy atom. The van der Waals surface area contributed by atoms with Gasteiger partial charge in [-0.05, 0) is 45.4 Å². The van der Waals surface area contributed by atoms with E-state index in [-0.39, 0.29) is 29.8 Å². The number of alkyl halides is 1. The second-order valence-corrected chi connectivity index (χ2v) is 7.59. The number of fused-ring (bicyclic) bond motifs is 1. The molecule has 0 atom stereocenters. The molecule has 0 spiro atoms. The minimum absolute atomic E-state index is 0.120. The van der Waals surface area contributed by atoms with Gasteiger partial charge in [-0.1, -0.05) is 18.2 Å². The molecule has 7 nitrogen and oxygen atoms in total. The van der Waals surface area contributed by atoms with Crippen molar-refractivity contribution >= 4 is 40.2 Å². The SMILES string of the molecule is CCOC(=O)c1cnn(-c2cc(C)c3ccccc3n2)c1NC(=O)C(C)(C)CCl. The molecule has 3 rings (SSSR count). The van der Waals surface area contributed by atoms with E-state index in [1.165, 1.54) is 10.9 Å². The maximum Gasteiger partial charge on any atom is 0.343 e. The Morgan fingerprint density at radius 3 is 2.69 bits per heavy atom. The number of rotatable bonds is 6. The molecule has 3 aromatic rings. The van der Waals surface area contributed by atoms with Crippen molar-refractivity contribution in [2.75, 3.05) is 17.8 Å². The molecule has 1 amide bonds. The number of anilines is 1. The summed E-state index contributed by atoms with van der Waals surface area (Å²) >= 11 is 5.94. The van der Waals surface area contributed by atoms with Crippen LogP contribution in [0.4, 0.5) is 5.82 Å². The van der Waals surface area contributed by atoms with Crippen LogP contribution in [0.5, 0.6) is 0 Å². The van der Waals surface area contributed by atoms with Gasteiger partial charge < -0.3 is 10.1 Å². The van der Waals surface area contributed by atoms with E-state index < -0.39 is 11.4 Å². The number of hydrogen-bond acceptors (Lipinski definition) is 5. The number of carbonyl (C=O) groups is 2. The Kier molecular flexibility index (Phi) is 5.88. The number of aromatic nitrogens is 3. The number of ether oxygens (including phenoxy) is 1. The van der Waals surface area contributed by atoms with Crippen molar-refractivity contribution in [2.45, 2.75) is 27.7 Å². The standard InChI is InChI=1S/C21H23ClN4O3/c1-5-29-19(27)15-11-23-26(18(15)25-20(28)21(3,4)12-22)17-10-13(2)14-8-6-7-9-16(14)24-17/h6-11H,5,12H2,1-4H3,(H,25,28). The Bertz CT molecular complexity index is 1070. The van der Waals surface area contributed by atoms with E-state index >= 15 is 0 Å². The van der Waals surface area contributed by atoms with E-state index in [1.807, 2.05) is 37.3 Å². The summed E-state index contributed by atoms with van der Waals surface area (Å²) in [5.74, 6) is -0.105. The molecule has 0 bridgehead atoms. The number of hydrogen-bond donors (Lipinski definition) is 1. The van der Waals surface area contributed by atoms with Crippen molar-refractivity contribution in [3.63, 3.8) is 0 Å². The van der Waals surface area contributed by atoms with Gasteiger partial charge in [0, 0.05) is 11.3 Å². The van der Waals surface area contributed by atoms with Crippen LogP contribution in [0.3, 0.4) is 0 Å². The molecule has 0 aliphatic carbocycles. The van der Waals surface area contributed by atoms with Crippen molar-refractivity contribution < 1.29 is 14.3 Å². The third-order valence-corrected chi connectivity index (χ3v) is 5.24. The highest BCUT2D eigenvalue weighted by atomic mass is 35.5. The highest BCUT2D eigenvalue weighted by Gasteiger charge is 2.30. The van der Waals surface area contributed by atoms with Gasteiger partial charge in [0.2, 0.25) is 5.91 Å². The number of amides is 1. The van der Waals surface area contributed by atoms with Crippen LogP contribution in [-0.4, -0.2) is 39.1 Å². The summed E-state index contributed by atoms with van der Waals surface area (Å²) in [6.07, 6.45) is 1.37. The minimum Gasteiger partial charge on any atom is -0.462 e. The molecule has 1 aromatic carbocycles. The van der Waals surface area contributed by atoms with Gasteiger partial charge in [-0.15, -0.1) is 11.6 Å². The predicted octanol–water partition coefficient (Wildman–Crippen LogP) is 4.11. The van der Waals surface area contributed by atoms with Gasteiger partial charge in [-0.2, -0.15) is 9.78 Å². The Hall–Kier alpha value is -2.93. The van der Waals surface area contributed by atoms with Crippen LogP contribution < -0.4 is 5.32 Å². The smallest absolute Gasteiger partial charge is 0.343 e. The summed E-state index contributed by atoms with van der Waals surface area (Å²) < 4.78 is 6.55. The second kappa shape index (κ2) is 8.21. The topological polar surface area (TPSA) is 86.1 Å². The van der Waals surface area contributed by atoms with Crippen LogP contribution in [0, 0.1) is 12.3 Å². The van der Waals surface area contributed by atoms with Crippen LogP contribution in [0.1, 0.15) is 36.7 Å². The van der Waals surface area contributed by atoms with E-state index in [0.717, 1.165) is 16.5 Å². The van der Waals surface area contributed by atoms with E-state index in [1.54, 1.807) is 20.8 Å². The van der Waals surface area contributed by atoms with Gasteiger partial charge in [0.05, 0.1) is 23.7 Å². The summed E-state index contributed by atoms with van der Waals surface area (Å²) in [5.41, 5.74) is 1.10. The molecule has 0 radical (unpaired) electrons. The first-order chi connectivity index (χ1) is 13.8. The van der Waals surface area contributed by atoms with Crippen molar-refractivity contribution in [1.29, 1.82) is 0 Å². The number of esters is 1. The van der Waals surface area contributed by atoms with Crippen molar-refractivity contribution in [3.05, 3.63) is 47.7 Å². The lowest BCUT2D eigenvalue weighted by molar-refractivity contribution is -0.123. The summed E-state index contributed by atoms with van der Waals surface area (Å²) in [6, 6.07) is 9.59. The Labute approximate surface area is 174 Å². The molecule has 152 valence electrons. The molecule has 29 heavy (non-hydrogen) atoms. The highest BCUT2D eigenvalue weighted by Crippen LogP contribution is 2.27. The van der Waals surface area contributed by atoms with E-state index in [2.05, 4.69) is 15.4 Å². The molecule has 0 fully saturated rings. The van der Waals surface area contributed by atoms with Crippen LogP contribution in [0.25, 0.3) is 16.7 Å². The highest BCUT2D eigenvalue weighted by molar-refractivity contribution is 6.20. The van der Waals surface area contributed by atoms with Gasteiger partial charge in [0.15, 0.2) is 11.6 Å². The molecule has 8 heteroatoms. The monoisotopic (exact) mass is 414 g/mol. The zero-order chi connectivity index (χ0) is 21.2. The largest absolute Gasteiger partial charge is 0.462 e. The van der Waals surface area contributed by atoms with Gasteiger partial charge >= 0.3 is 5.97 Å². The fraction of sp³-hybridized carbons (Fsp3) is 0.333. The lowest BCUT2D eigenvalue weighted by atomic mass is 9.95. The fourth-order valence-electron chi connectivity index (χ4n) is 2.78. The van der Waals surface area contributed by atoms with E-state index in [0.29, 0.717) is 5.82 Å². The molecule has 0 saturated heterocycles. The summed E-state index contributed by atoms with van der Waals surface area (Å²) in [7, 11) is 0. The Morgan fingerprint density at radius 2 is 2.00 bits per heavy atom. The molecular formula is C21H23ClN4O3. The molecule has 0 aliphatic heterocycles. The summed E-state index contributed by atoms with van der Waals surface area (Å²) in [6.45, 7) is 7.33. The maximum atomic E-state index is 12.7. The van der Waals surface area contributed by atoms with Gasteiger partial charge in [0.25, 0.3) is 0 Å². The fourth-order valence-corrected chi connectivity index (χ4v) is 2.90. The first-order valence-corrected chi connectivity index (χ1v) is 9.81. The zero-order valence-electron chi connectivity index (χ0n) is 16.8. The molecule has 0 saturated carbocycles. The third kappa shape index (κ3) is 4.10. The molecule has 0 aliphatic rings. The number of benzene rings is 1. The maximum absolute atomic E-state index is 12.7. The van der Waals surface area contributed by atoms with Crippen LogP contribution in [0.15, 0.2) is 36.5 Å². The van der Waals surface area contributed by atoms with Gasteiger partial charge in [0.1, 0.15) is 5.56 Å². The first kappa shape index (κ1) is 20.8. The molecule has 2 aromatic heterocycles. The van der Waals surface area contributed by atoms with Crippen molar-refractivity contribution in [3.8, 4) is 5.82 Å². The second-order valence-electron chi connectivity index (χ2n) is 7.33. The summed E-state index contributed by atoms with van der Waals surface area (Å²) in [4.78, 5) is 29.8. The number of carbonyl (C=O) groups excluding carboxylic acids is 2. The predicted molar refractivity (Wildman–Crippen MR) is 113 cm³/mol. The number of halogens is 1. The minimum atomic E-state index is -0.838. The van der Waals surface area contributed by atoms with Crippen LogP contribution in [-0.2, 0) is 9.53 Å². The molecule has 0 unspecified atom stereocenters. The Balaban J connectivity index is 2.14. The van der Waals surface area contributed by atoms with E-state index in [9.17, 15) is 9.59 Å². The van der Waals surface area contributed by atoms with Crippen LogP contribution >= 0.6 is 11.6 Å². The van der Waals surface area contributed by atoms with Gasteiger partial charge in [-0.3, -0.25) is 4.79 Å². The summed E-state index contributed by atoms with van der Waals surface area (Å²) in [5, 5.41) is 8.11. The lowest BCUT2D eigenvalue weighted by Gasteiger charge is -2.21. The number of nitrogens with one attached hydrogen (secondary N) is 1. The molecule has 1 N–H and O–H groups in total. The first-order valence-electron chi connectivity index (χ1n) is 9.27. The van der Waals surface area contributed by atoms with Crippen LogP contribution in [0.2, 0.25) is 0 Å². The van der Waals surface area contributed by atoms with Gasteiger partial charge in [-0.25, -0.2) is 9.78 Å². The number of aryl methyl sites for hydroxylation is 1. The number of para-hydroxylation sites is 1. The molecular weight excluding hydrogens is 392 g/mol. The number of pyridine rings is 1. The zero-order valence-corrected chi connectivity index (χ0v) is 17.6. The average Bonchev–Trinajstić information content (AvgIpc) is 3.11. The average molecular weight is 415 g/mol. The normalized spacial score (nSPS) is 11.5.